The number of hydrogen-bond acceptors (Lipinski definition) is 5. The third-order valence-electron chi connectivity index (χ3n) is 4.82. The first-order valence-electron chi connectivity index (χ1n) is 9.80. The van der Waals surface area contributed by atoms with Crippen LogP contribution in [0.1, 0.15) is 48.5 Å². The van der Waals surface area contributed by atoms with Crippen molar-refractivity contribution in [1.29, 1.82) is 0 Å². The number of carbonyl (C=O) groups excluding carboxylic acids is 1. The van der Waals surface area contributed by atoms with Crippen molar-refractivity contribution in [2.24, 2.45) is 10.7 Å². The molecule has 0 fully saturated rings. The van der Waals surface area contributed by atoms with Crippen LogP contribution in [-0.4, -0.2) is 18.1 Å². The van der Waals surface area contributed by atoms with E-state index in [4.69, 9.17) is 14.9 Å². The summed E-state index contributed by atoms with van der Waals surface area (Å²) < 4.78 is 11.2. The molecule has 3 N–H and O–H groups in total. The summed E-state index contributed by atoms with van der Waals surface area (Å²) in [5, 5.41) is 11.1. The van der Waals surface area contributed by atoms with Crippen LogP contribution in [0.2, 0.25) is 0 Å². The first-order chi connectivity index (χ1) is 14.0. The average Bonchev–Trinajstić information content (AvgIpc) is 2.71. The topological polar surface area (TPSA) is 98.1 Å². The van der Waals surface area contributed by atoms with Crippen molar-refractivity contribution in [3.05, 3.63) is 59.1 Å². The number of primary amides is 1. The van der Waals surface area contributed by atoms with Crippen LogP contribution in [-0.2, 0) is 6.42 Å². The molecule has 1 amide bonds. The SMILES string of the molecule is CCCCCCc1cc2cc(C(N)=O)c(=Nc3ccccc3OC)oc2cc1O. The van der Waals surface area contributed by atoms with Crippen LogP contribution in [0.25, 0.3) is 11.0 Å². The summed E-state index contributed by atoms with van der Waals surface area (Å²) in [4.78, 5) is 16.5. The summed E-state index contributed by atoms with van der Waals surface area (Å²) >= 11 is 0. The Labute approximate surface area is 169 Å². The first kappa shape index (κ1) is 20.5. The van der Waals surface area contributed by atoms with Crippen LogP contribution in [0.5, 0.6) is 11.5 Å². The molecule has 29 heavy (non-hydrogen) atoms. The molecule has 1 aromatic heterocycles. The molecule has 0 saturated heterocycles. The maximum Gasteiger partial charge on any atom is 0.254 e. The number of nitrogens with zero attached hydrogens (tertiary/aromatic N) is 1. The number of aryl methyl sites for hydroxylation is 1. The molecule has 152 valence electrons. The second-order valence-electron chi connectivity index (χ2n) is 6.94. The van der Waals surface area contributed by atoms with Crippen molar-refractivity contribution >= 4 is 22.6 Å². The van der Waals surface area contributed by atoms with Crippen LogP contribution >= 0.6 is 0 Å². The summed E-state index contributed by atoms with van der Waals surface area (Å²) in [5.41, 5.74) is 7.59. The van der Waals surface area contributed by atoms with Gasteiger partial charge in [0.25, 0.3) is 5.91 Å². The Balaban J connectivity index is 2.09. The number of phenolic OH excluding ortho intramolecular Hbond substituents is 1. The first-order valence-corrected chi connectivity index (χ1v) is 9.80. The molecule has 0 radical (unpaired) electrons. The number of fused-ring (bicyclic) bond motifs is 1. The van der Waals surface area contributed by atoms with Gasteiger partial charge in [-0.1, -0.05) is 38.3 Å². The quantitative estimate of drug-likeness (QED) is 0.546. The minimum atomic E-state index is -0.637. The Kier molecular flexibility index (Phi) is 6.54. The van der Waals surface area contributed by atoms with Crippen molar-refractivity contribution in [1.82, 2.24) is 0 Å². The van der Waals surface area contributed by atoms with E-state index in [0.29, 0.717) is 22.4 Å². The van der Waals surface area contributed by atoms with Gasteiger partial charge in [-0.05, 0) is 42.7 Å². The van der Waals surface area contributed by atoms with Crippen molar-refractivity contribution in [3.8, 4) is 11.5 Å². The standard InChI is InChI=1S/C23H26N2O4/c1-3-4-5-6-9-15-12-16-13-17(22(24)27)23(29-21(16)14-19(15)26)25-18-10-7-8-11-20(18)28-2/h7-8,10-14,26H,3-6,9H2,1-2H3,(H2,24,27). The lowest BCUT2D eigenvalue weighted by molar-refractivity contribution is 0.0996. The lowest BCUT2D eigenvalue weighted by atomic mass is 10.0. The van der Waals surface area contributed by atoms with Crippen LogP contribution in [0, 0.1) is 0 Å². The predicted octanol–water partition coefficient (Wildman–Crippen LogP) is 4.60. The number of para-hydroxylation sites is 2. The van der Waals surface area contributed by atoms with Crippen molar-refractivity contribution in [2.75, 3.05) is 7.11 Å². The number of aromatic hydroxyl groups is 1. The minimum absolute atomic E-state index is 0.0737. The van der Waals surface area contributed by atoms with Crippen LogP contribution in [0.3, 0.4) is 0 Å². The monoisotopic (exact) mass is 394 g/mol. The number of benzene rings is 2. The third kappa shape index (κ3) is 4.77. The van der Waals surface area contributed by atoms with E-state index in [1.807, 2.05) is 18.2 Å². The zero-order valence-electron chi connectivity index (χ0n) is 16.8. The van der Waals surface area contributed by atoms with E-state index in [-0.39, 0.29) is 16.9 Å². The molecule has 1 heterocycles. The van der Waals surface area contributed by atoms with Gasteiger partial charge in [0.2, 0.25) is 5.55 Å². The molecule has 0 aliphatic rings. The second kappa shape index (κ2) is 9.28. The van der Waals surface area contributed by atoms with Gasteiger partial charge in [-0.3, -0.25) is 4.79 Å². The summed E-state index contributed by atoms with van der Waals surface area (Å²) in [6, 6.07) is 12.2. The number of phenols is 1. The minimum Gasteiger partial charge on any atom is -0.508 e. The van der Waals surface area contributed by atoms with Gasteiger partial charge in [0.05, 0.1) is 7.11 Å². The van der Waals surface area contributed by atoms with Gasteiger partial charge in [-0.25, -0.2) is 4.99 Å². The Hall–Kier alpha value is -3.28. The average molecular weight is 394 g/mol. The van der Waals surface area contributed by atoms with E-state index in [1.165, 1.54) is 6.42 Å². The van der Waals surface area contributed by atoms with Gasteiger partial charge < -0.3 is 20.0 Å². The maximum atomic E-state index is 12.0. The predicted molar refractivity (Wildman–Crippen MR) is 112 cm³/mol. The summed E-state index contributed by atoms with van der Waals surface area (Å²) in [6.45, 7) is 2.16. The van der Waals surface area contributed by atoms with Gasteiger partial charge >= 0.3 is 0 Å². The molecule has 2 aromatic carbocycles. The lowest BCUT2D eigenvalue weighted by Crippen LogP contribution is -2.21. The third-order valence-corrected chi connectivity index (χ3v) is 4.82. The number of nitrogens with two attached hydrogens (primary N) is 1. The molecule has 3 rings (SSSR count). The molecule has 0 spiro atoms. The van der Waals surface area contributed by atoms with Crippen LogP contribution in [0.15, 0.2) is 51.9 Å². The molecule has 0 atom stereocenters. The van der Waals surface area contributed by atoms with E-state index in [2.05, 4.69) is 11.9 Å². The van der Waals surface area contributed by atoms with Crippen molar-refractivity contribution in [3.63, 3.8) is 0 Å². The van der Waals surface area contributed by atoms with Gasteiger partial charge in [0.1, 0.15) is 28.3 Å². The Bertz CT molecular complexity index is 1090. The number of amides is 1. The zero-order valence-corrected chi connectivity index (χ0v) is 16.8. The molecular weight excluding hydrogens is 368 g/mol. The summed E-state index contributed by atoms with van der Waals surface area (Å²) in [7, 11) is 1.54. The number of hydrogen-bond donors (Lipinski definition) is 2. The van der Waals surface area contributed by atoms with Crippen molar-refractivity contribution < 1.29 is 19.1 Å². The molecule has 6 nitrogen and oxygen atoms in total. The van der Waals surface area contributed by atoms with Crippen LogP contribution in [0.4, 0.5) is 5.69 Å². The van der Waals surface area contributed by atoms with E-state index in [9.17, 15) is 9.90 Å². The Morgan fingerprint density at radius 2 is 1.97 bits per heavy atom. The molecule has 0 aliphatic heterocycles. The maximum absolute atomic E-state index is 12.0. The fourth-order valence-electron chi connectivity index (χ4n) is 3.24. The fourth-order valence-corrected chi connectivity index (χ4v) is 3.24. The van der Waals surface area contributed by atoms with Gasteiger partial charge in [0.15, 0.2) is 0 Å². The molecule has 0 bridgehead atoms. The Morgan fingerprint density at radius 3 is 2.69 bits per heavy atom. The van der Waals surface area contributed by atoms with Gasteiger partial charge in [-0.15, -0.1) is 0 Å². The van der Waals surface area contributed by atoms with E-state index >= 15 is 0 Å². The molecule has 6 heteroatoms. The second-order valence-corrected chi connectivity index (χ2v) is 6.94. The molecule has 0 aliphatic carbocycles. The summed E-state index contributed by atoms with van der Waals surface area (Å²) in [5.74, 6) is 0.0816. The fraction of sp³-hybridized carbons (Fsp3) is 0.304. The van der Waals surface area contributed by atoms with E-state index < -0.39 is 5.91 Å². The number of methoxy groups -OCH3 is 1. The number of rotatable bonds is 8. The smallest absolute Gasteiger partial charge is 0.254 e. The number of unbranched alkanes of at least 4 members (excludes halogenated alkanes) is 3. The molecule has 0 saturated carbocycles. The molecule has 3 aromatic rings. The number of carbonyl (C=O) groups is 1. The highest BCUT2D eigenvalue weighted by molar-refractivity contribution is 5.95. The zero-order chi connectivity index (χ0) is 20.8. The largest absolute Gasteiger partial charge is 0.508 e. The highest BCUT2D eigenvalue weighted by Gasteiger charge is 2.13. The summed E-state index contributed by atoms with van der Waals surface area (Å²) in [6.07, 6.45) is 5.20. The van der Waals surface area contributed by atoms with Crippen LogP contribution < -0.4 is 16.0 Å². The Morgan fingerprint density at radius 1 is 1.17 bits per heavy atom. The van der Waals surface area contributed by atoms with Crippen molar-refractivity contribution in [2.45, 2.75) is 39.0 Å². The van der Waals surface area contributed by atoms with Gasteiger partial charge in [0, 0.05) is 11.5 Å². The van der Waals surface area contributed by atoms with E-state index in [0.717, 1.165) is 31.2 Å². The highest BCUT2D eigenvalue weighted by Crippen LogP contribution is 2.28. The normalized spacial score (nSPS) is 11.7. The van der Waals surface area contributed by atoms with E-state index in [1.54, 1.807) is 31.4 Å². The molecule has 0 unspecified atom stereocenters. The molecular formula is C23H26N2O4. The lowest BCUT2D eigenvalue weighted by Gasteiger charge is -2.08. The highest BCUT2D eigenvalue weighted by atomic mass is 16.5. The van der Waals surface area contributed by atoms with Gasteiger partial charge in [-0.2, -0.15) is 0 Å². The number of ether oxygens (including phenoxy) is 1.